The van der Waals surface area contributed by atoms with Gasteiger partial charge in [0, 0.05) is 18.7 Å². The fourth-order valence-corrected chi connectivity index (χ4v) is 3.55. The zero-order valence-corrected chi connectivity index (χ0v) is 13.4. The number of amides is 1. The first kappa shape index (κ1) is 16.1. The van der Waals surface area contributed by atoms with Crippen LogP contribution in [0.25, 0.3) is 11.1 Å². The molecule has 1 fully saturated rings. The highest BCUT2D eigenvalue weighted by Crippen LogP contribution is 2.37. The second kappa shape index (κ2) is 5.87. The number of nitrogens with zero attached hydrogens (tertiary/aromatic N) is 2. The van der Waals surface area contributed by atoms with Gasteiger partial charge in [-0.1, -0.05) is 12.1 Å². The highest BCUT2D eigenvalue weighted by Gasteiger charge is 2.36. The van der Waals surface area contributed by atoms with Gasteiger partial charge in [0.15, 0.2) is 0 Å². The van der Waals surface area contributed by atoms with Gasteiger partial charge in [0.05, 0.1) is 12.2 Å². The molecule has 5 nitrogen and oxygen atoms in total. The van der Waals surface area contributed by atoms with Crippen LogP contribution in [-0.4, -0.2) is 33.6 Å². The van der Waals surface area contributed by atoms with Gasteiger partial charge in [-0.25, -0.2) is 0 Å². The molecule has 0 saturated carbocycles. The number of H-pyrrole nitrogens is 1. The second-order valence-corrected chi connectivity index (χ2v) is 6.48. The predicted octanol–water partition coefficient (Wildman–Crippen LogP) is 2.69. The number of benzene rings is 1. The maximum absolute atomic E-state index is 13.1. The van der Waals surface area contributed by atoms with Gasteiger partial charge in [0.1, 0.15) is 5.69 Å². The molecule has 2 N–H and O–H groups in total. The van der Waals surface area contributed by atoms with Gasteiger partial charge < -0.3 is 10.2 Å². The molecule has 2 aromatic rings. The number of aromatic amines is 1. The van der Waals surface area contributed by atoms with Gasteiger partial charge in [0.25, 0.3) is 0 Å². The molecule has 25 heavy (non-hydrogen) atoms. The molecule has 8 heteroatoms. The van der Waals surface area contributed by atoms with E-state index < -0.39 is 11.9 Å². The Bertz CT molecular complexity index is 808. The van der Waals surface area contributed by atoms with Crippen LogP contribution >= 0.6 is 0 Å². The molecule has 1 aromatic carbocycles. The lowest BCUT2D eigenvalue weighted by Crippen LogP contribution is -2.40. The Morgan fingerprint density at radius 3 is 2.76 bits per heavy atom. The second-order valence-electron chi connectivity index (χ2n) is 6.48. The summed E-state index contributed by atoms with van der Waals surface area (Å²) in [4.78, 5) is 14.3. The zero-order valence-electron chi connectivity index (χ0n) is 13.4. The van der Waals surface area contributed by atoms with Crippen LogP contribution in [0.2, 0.25) is 0 Å². The Kier molecular flexibility index (Phi) is 3.79. The number of rotatable bonds is 2. The third-order valence-corrected chi connectivity index (χ3v) is 4.83. The van der Waals surface area contributed by atoms with E-state index >= 15 is 0 Å². The first-order chi connectivity index (χ1) is 11.9. The van der Waals surface area contributed by atoms with E-state index in [4.69, 9.17) is 0 Å². The van der Waals surface area contributed by atoms with Gasteiger partial charge in [-0.3, -0.25) is 9.89 Å². The molecule has 1 atom stereocenters. The highest BCUT2D eigenvalue weighted by atomic mass is 19.4. The number of hydrogen-bond donors (Lipinski definition) is 2. The summed E-state index contributed by atoms with van der Waals surface area (Å²) >= 11 is 0. The van der Waals surface area contributed by atoms with Gasteiger partial charge in [-0.2, -0.15) is 18.3 Å². The maximum Gasteiger partial charge on any atom is 0.433 e. The number of hydrogen-bond acceptors (Lipinski definition) is 3. The fraction of sp³-hybridized carbons (Fsp3) is 0.412. The van der Waals surface area contributed by atoms with Gasteiger partial charge in [-0.15, -0.1) is 0 Å². The first-order valence-corrected chi connectivity index (χ1v) is 8.18. The van der Waals surface area contributed by atoms with E-state index in [0.29, 0.717) is 18.7 Å². The standard InChI is InChI=1S/C17H17F3N4O/c18-17(19,20)15-13(7-22-23-15)10-3-4-11-8-24(9-12(11)6-10)16(25)14-2-1-5-21-14/h3-4,6-7,14,21H,1-2,5,8-9H2,(H,22,23). The van der Waals surface area contributed by atoms with Crippen LogP contribution in [0.5, 0.6) is 0 Å². The molecule has 0 bridgehead atoms. The third kappa shape index (κ3) is 2.90. The lowest BCUT2D eigenvalue weighted by molar-refractivity contribution is -0.140. The quantitative estimate of drug-likeness (QED) is 0.875. The maximum atomic E-state index is 13.1. The van der Waals surface area contributed by atoms with E-state index in [0.717, 1.165) is 30.5 Å². The molecule has 0 radical (unpaired) electrons. The Morgan fingerprint density at radius 2 is 2.04 bits per heavy atom. The van der Waals surface area contributed by atoms with E-state index in [1.165, 1.54) is 6.20 Å². The van der Waals surface area contributed by atoms with Gasteiger partial charge in [-0.05, 0) is 42.1 Å². The van der Waals surface area contributed by atoms with Crippen LogP contribution in [0.3, 0.4) is 0 Å². The van der Waals surface area contributed by atoms with E-state index in [9.17, 15) is 18.0 Å². The molecule has 0 spiro atoms. The predicted molar refractivity (Wildman–Crippen MR) is 84.3 cm³/mol. The average molecular weight is 350 g/mol. The Labute approximate surface area is 142 Å². The summed E-state index contributed by atoms with van der Waals surface area (Å²) in [6.07, 6.45) is -1.48. The van der Waals surface area contributed by atoms with Crippen LogP contribution in [0.4, 0.5) is 13.2 Å². The van der Waals surface area contributed by atoms with Gasteiger partial charge in [0.2, 0.25) is 5.91 Å². The number of halogens is 3. The number of nitrogens with one attached hydrogen (secondary N) is 2. The molecule has 1 saturated heterocycles. The minimum atomic E-state index is -4.49. The van der Waals surface area contributed by atoms with Crippen molar-refractivity contribution in [2.24, 2.45) is 0 Å². The van der Waals surface area contributed by atoms with Gasteiger partial charge >= 0.3 is 6.18 Å². The van der Waals surface area contributed by atoms with Crippen LogP contribution in [-0.2, 0) is 24.1 Å². The lowest BCUT2D eigenvalue weighted by atomic mass is 10.0. The van der Waals surface area contributed by atoms with Crippen molar-refractivity contribution in [3.63, 3.8) is 0 Å². The van der Waals surface area contributed by atoms with Crippen molar-refractivity contribution in [1.29, 1.82) is 0 Å². The van der Waals surface area contributed by atoms with Crippen molar-refractivity contribution in [2.45, 2.75) is 38.1 Å². The van der Waals surface area contributed by atoms with Crippen LogP contribution < -0.4 is 5.32 Å². The molecule has 0 aliphatic carbocycles. The number of aromatic nitrogens is 2. The normalized spacial score (nSPS) is 20.1. The van der Waals surface area contributed by atoms with Crippen molar-refractivity contribution in [1.82, 2.24) is 20.4 Å². The Hall–Kier alpha value is -2.35. The summed E-state index contributed by atoms with van der Waals surface area (Å²) in [5.41, 5.74) is 1.49. The molecule has 1 amide bonds. The number of alkyl halides is 3. The first-order valence-electron chi connectivity index (χ1n) is 8.18. The van der Waals surface area contributed by atoms with Crippen molar-refractivity contribution >= 4 is 5.91 Å². The molecule has 2 aliphatic heterocycles. The summed E-state index contributed by atoms with van der Waals surface area (Å²) in [6, 6.07) is 5.04. The Balaban J connectivity index is 1.58. The summed E-state index contributed by atoms with van der Waals surface area (Å²) in [5, 5.41) is 8.75. The topological polar surface area (TPSA) is 61.0 Å². The Morgan fingerprint density at radius 1 is 1.24 bits per heavy atom. The minimum absolute atomic E-state index is 0.0255. The van der Waals surface area contributed by atoms with Crippen molar-refractivity contribution in [3.05, 3.63) is 41.2 Å². The highest BCUT2D eigenvalue weighted by molar-refractivity contribution is 5.83. The largest absolute Gasteiger partial charge is 0.433 e. The van der Waals surface area contributed by atoms with E-state index in [1.54, 1.807) is 23.1 Å². The summed E-state index contributed by atoms with van der Waals surface area (Å²) in [7, 11) is 0. The van der Waals surface area contributed by atoms with Crippen LogP contribution in [0.15, 0.2) is 24.4 Å². The molecule has 132 valence electrons. The summed E-state index contributed by atoms with van der Waals surface area (Å²) in [5.74, 6) is 0.0644. The molecule has 1 aromatic heterocycles. The summed E-state index contributed by atoms with van der Waals surface area (Å²) in [6.45, 7) is 1.78. The monoisotopic (exact) mass is 350 g/mol. The minimum Gasteiger partial charge on any atom is -0.333 e. The van der Waals surface area contributed by atoms with Crippen LogP contribution in [0, 0.1) is 0 Å². The van der Waals surface area contributed by atoms with Crippen molar-refractivity contribution in [3.8, 4) is 11.1 Å². The number of fused-ring (bicyclic) bond motifs is 1. The van der Waals surface area contributed by atoms with E-state index in [2.05, 4.69) is 10.4 Å². The molecule has 4 rings (SSSR count). The van der Waals surface area contributed by atoms with Crippen LogP contribution in [0.1, 0.15) is 29.7 Å². The average Bonchev–Trinajstić information content (AvgIpc) is 3.31. The third-order valence-electron chi connectivity index (χ3n) is 4.83. The van der Waals surface area contributed by atoms with Crippen molar-refractivity contribution in [2.75, 3.05) is 6.54 Å². The van der Waals surface area contributed by atoms with E-state index in [1.807, 2.05) is 5.10 Å². The van der Waals surface area contributed by atoms with E-state index in [-0.39, 0.29) is 17.5 Å². The zero-order chi connectivity index (χ0) is 17.6. The molecule has 3 heterocycles. The smallest absolute Gasteiger partial charge is 0.333 e. The lowest BCUT2D eigenvalue weighted by Gasteiger charge is -2.19. The molecular weight excluding hydrogens is 333 g/mol. The summed E-state index contributed by atoms with van der Waals surface area (Å²) < 4.78 is 39.2. The molecular formula is C17H17F3N4O. The molecule has 1 unspecified atom stereocenters. The number of carbonyl (C=O) groups is 1. The van der Waals surface area contributed by atoms with Crippen molar-refractivity contribution < 1.29 is 18.0 Å². The SMILES string of the molecule is O=C(C1CCCN1)N1Cc2ccc(-c3cn[nH]c3C(F)(F)F)cc2C1. The molecule has 2 aliphatic rings. The fourth-order valence-electron chi connectivity index (χ4n) is 3.55. The number of carbonyl (C=O) groups excluding carboxylic acids is 1.